The number of carbonyl (C=O) groups is 2. The number of carboxylic acids is 1. The number of hydrogen-bond donors (Lipinski definition) is 2. The van der Waals surface area contributed by atoms with Gasteiger partial charge in [0.2, 0.25) is 0 Å². The number of thiazole rings is 1. The highest BCUT2D eigenvalue weighted by molar-refractivity contribution is 7.22. The first-order chi connectivity index (χ1) is 11.8. The van der Waals surface area contributed by atoms with Gasteiger partial charge in [0.1, 0.15) is 5.02 Å². The summed E-state index contributed by atoms with van der Waals surface area (Å²) in [6.45, 7) is 0. The number of carbonyl (C=O) groups excluding carboxylic acids is 1. The fourth-order valence-electron chi connectivity index (χ4n) is 2.01. The molecule has 3 aromatic rings. The topological polar surface area (TPSA) is 79.3 Å². The summed E-state index contributed by atoms with van der Waals surface area (Å²) in [6, 6.07) is 4.53. The summed E-state index contributed by atoms with van der Waals surface area (Å²) in [7, 11) is 0. The maximum absolute atomic E-state index is 13.9. The van der Waals surface area contributed by atoms with E-state index in [1.807, 2.05) is 0 Å². The van der Waals surface area contributed by atoms with Gasteiger partial charge in [0.25, 0.3) is 5.91 Å². The zero-order valence-corrected chi connectivity index (χ0v) is 13.5. The number of anilines is 1. The molecule has 1 heterocycles. The summed E-state index contributed by atoms with van der Waals surface area (Å²) in [6.07, 6.45) is 0. The first-order valence-electron chi connectivity index (χ1n) is 6.56. The quantitative estimate of drug-likeness (QED) is 0.519. The Labute approximate surface area is 146 Å². The molecular weight excluding hydrogens is 381 g/mol. The number of aromatic nitrogens is 1. The number of nitrogens with one attached hydrogen (secondary N) is 1. The van der Waals surface area contributed by atoms with Crippen molar-refractivity contribution >= 4 is 50.2 Å². The molecule has 5 nitrogen and oxygen atoms in total. The molecule has 0 atom stereocenters. The van der Waals surface area contributed by atoms with Crippen molar-refractivity contribution in [3.8, 4) is 0 Å². The minimum absolute atomic E-state index is 0.0304. The third kappa shape index (κ3) is 3.15. The van der Waals surface area contributed by atoms with Crippen molar-refractivity contribution in [2.75, 3.05) is 5.32 Å². The highest BCUT2D eigenvalue weighted by atomic mass is 35.5. The second kappa shape index (κ2) is 6.34. The number of hydrogen-bond acceptors (Lipinski definition) is 4. The number of benzene rings is 2. The molecule has 128 valence electrons. The molecule has 0 saturated carbocycles. The van der Waals surface area contributed by atoms with Gasteiger partial charge in [-0.15, -0.1) is 0 Å². The smallest absolute Gasteiger partial charge is 0.335 e. The molecule has 0 spiro atoms. The van der Waals surface area contributed by atoms with E-state index in [2.05, 4.69) is 10.3 Å². The van der Waals surface area contributed by atoms with E-state index in [4.69, 9.17) is 16.7 Å². The van der Waals surface area contributed by atoms with Gasteiger partial charge in [-0.3, -0.25) is 10.1 Å². The Kier molecular flexibility index (Phi) is 4.36. The standard InChI is InChI=1S/C15H6ClF3N2O3S/c16-10-11(18)6(4-7(17)12(10)19)13(22)21-15-20-8-2-1-5(14(23)24)3-9(8)25-15/h1-4H,(H,23,24)(H,20,21,22). The van der Waals surface area contributed by atoms with Crippen molar-refractivity contribution in [3.05, 3.63) is 57.9 Å². The van der Waals surface area contributed by atoms with Gasteiger partial charge in [0, 0.05) is 0 Å². The zero-order chi connectivity index (χ0) is 18.3. The predicted molar refractivity (Wildman–Crippen MR) is 85.9 cm³/mol. The lowest BCUT2D eigenvalue weighted by Crippen LogP contribution is -2.15. The van der Waals surface area contributed by atoms with E-state index in [0.717, 1.165) is 11.3 Å². The van der Waals surface area contributed by atoms with E-state index in [-0.39, 0.29) is 10.7 Å². The average molecular weight is 387 g/mol. The van der Waals surface area contributed by atoms with Crippen LogP contribution in [0.1, 0.15) is 20.7 Å². The van der Waals surface area contributed by atoms with E-state index in [1.54, 1.807) is 0 Å². The molecule has 3 rings (SSSR count). The fraction of sp³-hybridized carbons (Fsp3) is 0. The van der Waals surface area contributed by atoms with Crippen LogP contribution >= 0.6 is 22.9 Å². The molecule has 0 aliphatic carbocycles. The number of nitrogens with zero attached hydrogens (tertiary/aromatic N) is 1. The van der Waals surface area contributed by atoms with E-state index >= 15 is 0 Å². The summed E-state index contributed by atoms with van der Waals surface area (Å²) in [4.78, 5) is 27.1. The van der Waals surface area contributed by atoms with E-state index in [9.17, 15) is 22.8 Å². The number of amides is 1. The average Bonchev–Trinajstić information content (AvgIpc) is 2.97. The molecule has 0 fully saturated rings. The van der Waals surface area contributed by atoms with Crippen LogP contribution in [0.5, 0.6) is 0 Å². The van der Waals surface area contributed by atoms with Crippen LogP contribution in [-0.4, -0.2) is 22.0 Å². The highest BCUT2D eigenvalue weighted by Crippen LogP contribution is 2.29. The number of halogens is 4. The van der Waals surface area contributed by atoms with Gasteiger partial charge in [-0.2, -0.15) is 0 Å². The molecule has 0 aliphatic rings. The van der Waals surface area contributed by atoms with Gasteiger partial charge in [-0.25, -0.2) is 22.9 Å². The Morgan fingerprint density at radius 1 is 1.16 bits per heavy atom. The van der Waals surface area contributed by atoms with E-state index in [0.29, 0.717) is 16.3 Å². The fourth-order valence-corrected chi connectivity index (χ4v) is 3.11. The summed E-state index contributed by atoms with van der Waals surface area (Å²) < 4.78 is 40.8. The number of carboxylic acid groups (broad SMARTS) is 1. The van der Waals surface area contributed by atoms with Crippen molar-refractivity contribution in [1.82, 2.24) is 4.98 Å². The van der Waals surface area contributed by atoms with Crippen molar-refractivity contribution in [3.63, 3.8) is 0 Å². The molecule has 2 N–H and O–H groups in total. The molecular formula is C15H6ClF3N2O3S. The van der Waals surface area contributed by atoms with Gasteiger partial charge in [-0.1, -0.05) is 22.9 Å². The van der Waals surface area contributed by atoms with Crippen LogP contribution in [-0.2, 0) is 0 Å². The van der Waals surface area contributed by atoms with Crippen molar-refractivity contribution in [2.24, 2.45) is 0 Å². The monoisotopic (exact) mass is 386 g/mol. The molecule has 0 aliphatic heterocycles. The summed E-state index contributed by atoms with van der Waals surface area (Å²) in [5, 5.41) is 10.1. The first kappa shape index (κ1) is 17.2. The maximum Gasteiger partial charge on any atom is 0.335 e. The number of rotatable bonds is 3. The lowest BCUT2D eigenvalue weighted by Gasteiger charge is -2.06. The van der Waals surface area contributed by atoms with Crippen LogP contribution in [0.3, 0.4) is 0 Å². The van der Waals surface area contributed by atoms with Crippen LogP contribution < -0.4 is 5.32 Å². The van der Waals surface area contributed by atoms with Gasteiger partial charge < -0.3 is 5.11 Å². The zero-order valence-electron chi connectivity index (χ0n) is 11.9. The predicted octanol–water partition coefficient (Wildman–Crippen LogP) is 4.32. The Hall–Kier alpha value is -2.65. The van der Waals surface area contributed by atoms with E-state index in [1.165, 1.54) is 18.2 Å². The van der Waals surface area contributed by atoms with Gasteiger partial charge in [0.15, 0.2) is 22.6 Å². The normalized spacial score (nSPS) is 10.9. The summed E-state index contributed by atoms with van der Waals surface area (Å²) >= 11 is 6.25. The largest absolute Gasteiger partial charge is 0.478 e. The number of aromatic carboxylic acids is 1. The Morgan fingerprint density at radius 2 is 1.88 bits per heavy atom. The minimum Gasteiger partial charge on any atom is -0.478 e. The van der Waals surface area contributed by atoms with Gasteiger partial charge in [-0.05, 0) is 24.3 Å². The summed E-state index contributed by atoms with van der Waals surface area (Å²) in [5.41, 5.74) is -0.337. The molecule has 0 saturated heterocycles. The molecule has 0 bridgehead atoms. The highest BCUT2D eigenvalue weighted by Gasteiger charge is 2.22. The third-order valence-corrected chi connectivity index (χ3v) is 4.47. The molecule has 25 heavy (non-hydrogen) atoms. The van der Waals surface area contributed by atoms with Crippen LogP contribution in [0.25, 0.3) is 10.2 Å². The first-order valence-corrected chi connectivity index (χ1v) is 7.75. The molecule has 1 aromatic heterocycles. The van der Waals surface area contributed by atoms with Crippen LogP contribution in [0.4, 0.5) is 18.3 Å². The lowest BCUT2D eigenvalue weighted by atomic mass is 10.2. The number of fused-ring (bicyclic) bond motifs is 1. The van der Waals surface area contributed by atoms with Crippen molar-refractivity contribution in [1.29, 1.82) is 0 Å². The van der Waals surface area contributed by atoms with Gasteiger partial charge in [0.05, 0.1) is 21.3 Å². The maximum atomic E-state index is 13.9. The third-order valence-electron chi connectivity index (χ3n) is 3.20. The Balaban J connectivity index is 1.93. The van der Waals surface area contributed by atoms with Crippen LogP contribution in [0.2, 0.25) is 5.02 Å². The van der Waals surface area contributed by atoms with Gasteiger partial charge >= 0.3 is 5.97 Å². The molecule has 10 heteroatoms. The molecule has 2 aromatic carbocycles. The minimum atomic E-state index is -1.59. The molecule has 0 radical (unpaired) electrons. The Bertz CT molecular complexity index is 1040. The summed E-state index contributed by atoms with van der Waals surface area (Å²) in [5.74, 6) is -6.65. The second-order valence-corrected chi connectivity index (χ2v) is 6.22. The van der Waals surface area contributed by atoms with Crippen LogP contribution in [0, 0.1) is 17.5 Å². The van der Waals surface area contributed by atoms with Crippen molar-refractivity contribution < 1.29 is 27.9 Å². The SMILES string of the molecule is O=C(O)c1ccc2nc(NC(=O)c3cc(F)c(F)c(Cl)c3F)sc2c1. The second-order valence-electron chi connectivity index (χ2n) is 4.81. The lowest BCUT2D eigenvalue weighted by molar-refractivity contribution is 0.0697. The van der Waals surface area contributed by atoms with Crippen LogP contribution in [0.15, 0.2) is 24.3 Å². The van der Waals surface area contributed by atoms with E-state index < -0.39 is 39.9 Å². The van der Waals surface area contributed by atoms with Crippen molar-refractivity contribution in [2.45, 2.75) is 0 Å². The molecule has 0 unspecified atom stereocenters. The molecule has 1 amide bonds. The Morgan fingerprint density at radius 3 is 2.56 bits per heavy atom.